The van der Waals surface area contributed by atoms with Crippen molar-refractivity contribution < 1.29 is 8.42 Å². The van der Waals surface area contributed by atoms with Gasteiger partial charge < -0.3 is 5.32 Å². The van der Waals surface area contributed by atoms with Crippen LogP contribution in [-0.2, 0) is 10.0 Å². The summed E-state index contributed by atoms with van der Waals surface area (Å²) in [4.78, 5) is 0.297. The molecule has 5 rings (SSSR count). The van der Waals surface area contributed by atoms with Crippen LogP contribution in [0.3, 0.4) is 0 Å². The normalized spacial score (nSPS) is 21.5. The van der Waals surface area contributed by atoms with E-state index in [0.29, 0.717) is 16.5 Å². The first-order chi connectivity index (χ1) is 15.3. The second-order valence-corrected chi connectivity index (χ2v) is 10.7. The van der Waals surface area contributed by atoms with Crippen LogP contribution in [0.25, 0.3) is 0 Å². The van der Waals surface area contributed by atoms with Gasteiger partial charge in [0.25, 0.3) is 10.0 Å². The average Bonchev–Trinajstić information content (AvgIpc) is 3.26. The summed E-state index contributed by atoms with van der Waals surface area (Å²) >= 11 is 0. The van der Waals surface area contributed by atoms with E-state index >= 15 is 0 Å². The fraction of sp³-hybridized carbons (Fsp3) is 0.259. The fourth-order valence-electron chi connectivity index (χ4n) is 4.98. The molecule has 0 aromatic heterocycles. The van der Waals surface area contributed by atoms with E-state index in [1.807, 2.05) is 44.2 Å². The predicted octanol–water partition coefficient (Wildman–Crippen LogP) is 6.24. The van der Waals surface area contributed by atoms with E-state index in [-0.39, 0.29) is 12.0 Å². The number of benzene rings is 3. The lowest BCUT2D eigenvalue weighted by atomic mass is 9.77. The van der Waals surface area contributed by atoms with Crippen LogP contribution in [0.5, 0.6) is 0 Å². The van der Waals surface area contributed by atoms with Gasteiger partial charge in [0.2, 0.25) is 0 Å². The summed E-state index contributed by atoms with van der Waals surface area (Å²) < 4.78 is 29.1. The lowest BCUT2D eigenvalue weighted by Gasteiger charge is -2.37. The Bertz CT molecular complexity index is 1310. The molecule has 1 aliphatic heterocycles. The highest BCUT2D eigenvalue weighted by atomic mass is 32.2. The Labute approximate surface area is 190 Å². The third kappa shape index (κ3) is 3.71. The molecule has 0 fully saturated rings. The highest BCUT2D eigenvalue weighted by Gasteiger charge is 2.38. The minimum atomic E-state index is -3.68. The second-order valence-electron chi connectivity index (χ2n) is 9.06. The van der Waals surface area contributed by atoms with Gasteiger partial charge in [0, 0.05) is 11.6 Å². The summed E-state index contributed by atoms with van der Waals surface area (Å²) in [7, 11) is -3.68. The van der Waals surface area contributed by atoms with Crippen LogP contribution < -0.4 is 10.0 Å². The van der Waals surface area contributed by atoms with Gasteiger partial charge >= 0.3 is 0 Å². The van der Waals surface area contributed by atoms with Crippen molar-refractivity contribution in [2.45, 2.75) is 44.0 Å². The zero-order chi connectivity index (χ0) is 22.5. The molecule has 2 aliphatic rings. The van der Waals surface area contributed by atoms with Crippen molar-refractivity contribution in [3.63, 3.8) is 0 Å². The van der Waals surface area contributed by atoms with E-state index < -0.39 is 10.0 Å². The molecule has 5 heteroatoms. The SMILES string of the molecule is Cc1ccc([C@@H]2Nc3ccc(S(=O)(=O)Nc4ccc(C)cc4C)cc3C3C=CCC32)cc1. The number of rotatable bonds is 4. The van der Waals surface area contributed by atoms with Crippen molar-refractivity contribution >= 4 is 21.4 Å². The molecule has 0 radical (unpaired) electrons. The average molecular weight is 445 g/mol. The van der Waals surface area contributed by atoms with E-state index in [1.165, 1.54) is 11.1 Å². The van der Waals surface area contributed by atoms with Crippen LogP contribution in [0.1, 0.15) is 46.2 Å². The minimum absolute atomic E-state index is 0.203. The van der Waals surface area contributed by atoms with Crippen molar-refractivity contribution in [1.82, 2.24) is 0 Å². The van der Waals surface area contributed by atoms with E-state index in [9.17, 15) is 8.42 Å². The number of anilines is 2. The number of sulfonamides is 1. The third-order valence-electron chi connectivity index (χ3n) is 6.71. The summed E-state index contributed by atoms with van der Waals surface area (Å²) in [5.41, 5.74) is 7.21. The number of nitrogens with one attached hydrogen (secondary N) is 2. The summed E-state index contributed by atoms with van der Waals surface area (Å²) in [5.74, 6) is 0.573. The summed E-state index contributed by atoms with van der Waals surface area (Å²) in [5, 5.41) is 3.69. The van der Waals surface area contributed by atoms with Gasteiger partial charge in [-0.25, -0.2) is 8.42 Å². The van der Waals surface area contributed by atoms with Crippen LogP contribution in [0.4, 0.5) is 11.4 Å². The van der Waals surface area contributed by atoms with Crippen molar-refractivity contribution in [1.29, 1.82) is 0 Å². The van der Waals surface area contributed by atoms with Gasteiger partial charge in [0.1, 0.15) is 0 Å². The molecule has 1 heterocycles. The first-order valence-corrected chi connectivity index (χ1v) is 12.5. The number of aryl methyl sites for hydroxylation is 3. The van der Waals surface area contributed by atoms with Crippen LogP contribution >= 0.6 is 0 Å². The second kappa shape index (κ2) is 7.82. The minimum Gasteiger partial charge on any atom is -0.378 e. The molecule has 0 amide bonds. The standard InChI is InChI=1S/C27H28N2O2S/c1-17-7-10-20(11-8-17)27-23-6-4-5-22(23)24-16-21(12-14-26(24)28-27)32(30,31)29-25-13-9-18(2)15-19(25)3/h4-5,7-16,22-23,27-29H,6H2,1-3H3/t22?,23?,27-/m0/s1. The van der Waals surface area contributed by atoms with E-state index in [0.717, 1.165) is 28.8 Å². The van der Waals surface area contributed by atoms with Crippen LogP contribution in [0, 0.1) is 26.7 Å². The van der Waals surface area contributed by atoms with E-state index in [2.05, 4.69) is 53.4 Å². The molecule has 3 aromatic rings. The largest absolute Gasteiger partial charge is 0.378 e. The topological polar surface area (TPSA) is 58.2 Å². The van der Waals surface area contributed by atoms with Gasteiger partial charge in [-0.15, -0.1) is 0 Å². The molecule has 164 valence electrons. The zero-order valence-corrected chi connectivity index (χ0v) is 19.4. The highest BCUT2D eigenvalue weighted by molar-refractivity contribution is 7.92. The molecular weight excluding hydrogens is 416 g/mol. The molecule has 2 unspecified atom stereocenters. The maximum absolute atomic E-state index is 13.2. The summed E-state index contributed by atoms with van der Waals surface area (Å²) in [6.45, 7) is 6.01. The Kier molecular flexibility index (Phi) is 5.09. The van der Waals surface area contributed by atoms with Crippen LogP contribution in [0.2, 0.25) is 0 Å². The molecule has 3 atom stereocenters. The lowest BCUT2D eigenvalue weighted by Crippen LogP contribution is -2.29. The van der Waals surface area contributed by atoms with Gasteiger partial charge in [0.15, 0.2) is 0 Å². The smallest absolute Gasteiger partial charge is 0.261 e. The quantitative estimate of drug-likeness (QED) is 0.468. The van der Waals surface area contributed by atoms with Gasteiger partial charge in [0.05, 0.1) is 16.6 Å². The first-order valence-electron chi connectivity index (χ1n) is 11.1. The molecule has 0 spiro atoms. The Balaban J connectivity index is 1.49. The third-order valence-corrected chi connectivity index (χ3v) is 8.07. The Morgan fingerprint density at radius 2 is 1.66 bits per heavy atom. The molecule has 1 aliphatic carbocycles. The Hall–Kier alpha value is -3.05. The van der Waals surface area contributed by atoms with Crippen LogP contribution in [0.15, 0.2) is 77.7 Å². The Morgan fingerprint density at radius 1 is 0.906 bits per heavy atom. The van der Waals surface area contributed by atoms with Gasteiger partial charge in [-0.05, 0) is 74.1 Å². The first kappa shape index (κ1) is 20.8. The van der Waals surface area contributed by atoms with E-state index in [1.54, 1.807) is 6.07 Å². The van der Waals surface area contributed by atoms with E-state index in [4.69, 9.17) is 0 Å². The number of allylic oxidation sites excluding steroid dienone is 2. The lowest BCUT2D eigenvalue weighted by molar-refractivity contribution is 0.425. The summed E-state index contributed by atoms with van der Waals surface area (Å²) in [6, 6.07) is 20.1. The van der Waals surface area contributed by atoms with Gasteiger partial charge in [-0.3, -0.25) is 4.72 Å². The maximum atomic E-state index is 13.2. The van der Waals surface area contributed by atoms with Crippen molar-refractivity contribution in [3.05, 3.63) is 101 Å². The van der Waals surface area contributed by atoms with Gasteiger partial charge in [-0.2, -0.15) is 0 Å². The summed E-state index contributed by atoms with van der Waals surface area (Å²) in [6.07, 6.45) is 5.44. The van der Waals surface area contributed by atoms with Crippen molar-refractivity contribution in [2.24, 2.45) is 5.92 Å². The Morgan fingerprint density at radius 3 is 2.41 bits per heavy atom. The molecule has 4 nitrogen and oxygen atoms in total. The number of hydrogen-bond acceptors (Lipinski definition) is 3. The molecule has 32 heavy (non-hydrogen) atoms. The molecule has 2 N–H and O–H groups in total. The zero-order valence-electron chi connectivity index (χ0n) is 18.6. The number of hydrogen-bond donors (Lipinski definition) is 2. The van der Waals surface area contributed by atoms with Crippen molar-refractivity contribution in [2.75, 3.05) is 10.0 Å². The predicted molar refractivity (Wildman–Crippen MR) is 131 cm³/mol. The van der Waals surface area contributed by atoms with Gasteiger partial charge in [-0.1, -0.05) is 59.7 Å². The maximum Gasteiger partial charge on any atom is 0.261 e. The molecular formula is C27H28N2O2S. The highest BCUT2D eigenvalue weighted by Crippen LogP contribution is 2.50. The molecule has 0 bridgehead atoms. The van der Waals surface area contributed by atoms with Crippen molar-refractivity contribution in [3.8, 4) is 0 Å². The fourth-order valence-corrected chi connectivity index (χ4v) is 6.14. The number of fused-ring (bicyclic) bond motifs is 3. The molecule has 0 saturated carbocycles. The monoisotopic (exact) mass is 444 g/mol. The molecule has 0 saturated heterocycles. The van der Waals surface area contributed by atoms with Crippen LogP contribution in [-0.4, -0.2) is 8.42 Å². The molecule has 3 aromatic carbocycles.